The van der Waals surface area contributed by atoms with Gasteiger partial charge in [0.2, 0.25) is 17.7 Å². The molecule has 0 rings (SSSR count). The van der Waals surface area contributed by atoms with Crippen molar-refractivity contribution < 1.29 is 29.4 Å². The summed E-state index contributed by atoms with van der Waals surface area (Å²) < 4.78 is 0. The number of aliphatic hydroxyl groups is 1. The van der Waals surface area contributed by atoms with Crippen molar-refractivity contribution in [3.8, 4) is 0 Å². The smallest absolute Gasteiger partial charge is 0.327 e. The van der Waals surface area contributed by atoms with Gasteiger partial charge in [-0.1, -0.05) is 0 Å². The number of amides is 3. The third kappa shape index (κ3) is 7.94. The fourth-order valence-electron chi connectivity index (χ4n) is 1.60. The van der Waals surface area contributed by atoms with Crippen LogP contribution in [-0.4, -0.2) is 75.7 Å². The Kier molecular flexibility index (Phi) is 10.5. The van der Waals surface area contributed by atoms with Crippen molar-refractivity contribution in [1.82, 2.24) is 16.0 Å². The molecule has 25 heavy (non-hydrogen) atoms. The maximum Gasteiger partial charge on any atom is 0.327 e. The minimum atomic E-state index is -1.34. The first-order chi connectivity index (χ1) is 11.5. The van der Waals surface area contributed by atoms with E-state index in [-0.39, 0.29) is 11.5 Å². The fraction of sp³-hybridized carbons (Fsp3) is 0.692. The predicted octanol–water partition coefficient (Wildman–Crippen LogP) is -2.89. The predicted molar refractivity (Wildman–Crippen MR) is 96.5 cm³/mol. The number of nitrogens with two attached hydrogens (primary N) is 1. The molecule has 0 aliphatic carbocycles. The van der Waals surface area contributed by atoms with Crippen LogP contribution < -0.4 is 21.7 Å². The highest BCUT2D eigenvalue weighted by molar-refractivity contribution is 7.80. The summed E-state index contributed by atoms with van der Waals surface area (Å²) >= 11 is 7.76. The van der Waals surface area contributed by atoms with Gasteiger partial charge in [0.05, 0.1) is 12.1 Å². The molecule has 10 nitrogen and oxygen atoms in total. The molecule has 0 saturated heterocycles. The summed E-state index contributed by atoms with van der Waals surface area (Å²) in [6.45, 7) is 2.68. The molecular weight excluding hydrogens is 372 g/mol. The second kappa shape index (κ2) is 11.2. The molecule has 0 bridgehead atoms. The zero-order valence-electron chi connectivity index (χ0n) is 13.8. The SMILES string of the molecule is CC(N)C(=O)NC(C(=O)NC(CS)C(=O)NC(CS)C(=O)O)C(C)O. The fourth-order valence-corrected chi connectivity index (χ4v) is 2.11. The molecule has 0 aromatic heterocycles. The lowest BCUT2D eigenvalue weighted by atomic mass is 10.1. The Morgan fingerprint density at radius 2 is 1.40 bits per heavy atom. The lowest BCUT2D eigenvalue weighted by Gasteiger charge is -2.25. The summed E-state index contributed by atoms with van der Waals surface area (Å²) in [4.78, 5) is 46.8. The number of aliphatic hydroxyl groups excluding tert-OH is 1. The van der Waals surface area contributed by atoms with Gasteiger partial charge < -0.3 is 31.9 Å². The molecule has 5 atom stereocenters. The van der Waals surface area contributed by atoms with Crippen molar-refractivity contribution in [2.45, 2.75) is 44.1 Å². The highest BCUT2D eigenvalue weighted by atomic mass is 32.1. The molecule has 5 unspecified atom stereocenters. The van der Waals surface area contributed by atoms with Crippen LogP contribution in [0.15, 0.2) is 0 Å². The molecule has 0 heterocycles. The van der Waals surface area contributed by atoms with Gasteiger partial charge in [-0.3, -0.25) is 14.4 Å². The maximum atomic E-state index is 12.2. The van der Waals surface area contributed by atoms with Crippen LogP contribution in [0.3, 0.4) is 0 Å². The zero-order chi connectivity index (χ0) is 19.7. The van der Waals surface area contributed by atoms with Gasteiger partial charge in [0.15, 0.2) is 0 Å². The van der Waals surface area contributed by atoms with Crippen molar-refractivity contribution in [2.24, 2.45) is 5.73 Å². The van der Waals surface area contributed by atoms with Crippen LogP contribution in [0, 0.1) is 0 Å². The Morgan fingerprint density at radius 1 is 0.920 bits per heavy atom. The van der Waals surface area contributed by atoms with E-state index >= 15 is 0 Å². The number of carbonyl (C=O) groups is 4. The minimum absolute atomic E-state index is 0.135. The standard InChI is InChI=1S/C13H24N4O6S2/c1-5(14)10(19)17-9(6(2)18)12(21)15-7(3-24)11(20)16-8(4-25)13(22)23/h5-9,18,24-25H,3-4,14H2,1-2H3,(H,15,21)(H,16,20)(H,17,19)(H,22,23). The molecule has 144 valence electrons. The van der Waals surface area contributed by atoms with Gasteiger partial charge in [-0.05, 0) is 13.8 Å². The number of nitrogens with one attached hydrogen (secondary N) is 3. The Morgan fingerprint density at radius 3 is 1.76 bits per heavy atom. The van der Waals surface area contributed by atoms with E-state index in [9.17, 15) is 24.3 Å². The number of hydrogen-bond donors (Lipinski definition) is 8. The maximum absolute atomic E-state index is 12.2. The Balaban J connectivity index is 5.01. The molecule has 0 aromatic rings. The molecule has 0 radical (unpaired) electrons. The quantitative estimate of drug-likeness (QED) is 0.183. The van der Waals surface area contributed by atoms with E-state index in [1.54, 1.807) is 0 Å². The van der Waals surface area contributed by atoms with E-state index in [0.29, 0.717) is 0 Å². The van der Waals surface area contributed by atoms with Crippen molar-refractivity contribution in [3.63, 3.8) is 0 Å². The second-order valence-electron chi connectivity index (χ2n) is 5.34. The van der Waals surface area contributed by atoms with Crippen molar-refractivity contribution >= 4 is 48.9 Å². The van der Waals surface area contributed by atoms with Crippen LogP contribution in [0.25, 0.3) is 0 Å². The minimum Gasteiger partial charge on any atom is -0.480 e. The molecule has 0 aliphatic rings. The van der Waals surface area contributed by atoms with Gasteiger partial charge in [-0.25, -0.2) is 4.79 Å². The van der Waals surface area contributed by atoms with Gasteiger partial charge in [0.1, 0.15) is 18.1 Å². The number of rotatable bonds is 10. The van der Waals surface area contributed by atoms with Crippen LogP contribution in [0.2, 0.25) is 0 Å². The Hall–Kier alpha value is -1.50. The first-order valence-electron chi connectivity index (χ1n) is 7.34. The van der Waals surface area contributed by atoms with Gasteiger partial charge in [-0.15, -0.1) is 0 Å². The number of carbonyl (C=O) groups excluding carboxylic acids is 3. The summed E-state index contributed by atoms with van der Waals surface area (Å²) in [7, 11) is 0. The second-order valence-corrected chi connectivity index (χ2v) is 6.07. The summed E-state index contributed by atoms with van der Waals surface area (Å²) in [5, 5.41) is 25.3. The number of hydrogen-bond acceptors (Lipinski definition) is 8. The molecule has 0 aliphatic heterocycles. The highest BCUT2D eigenvalue weighted by Crippen LogP contribution is 1.99. The van der Waals surface area contributed by atoms with Crippen LogP contribution in [0.5, 0.6) is 0 Å². The van der Waals surface area contributed by atoms with E-state index in [0.717, 1.165) is 0 Å². The molecule has 7 N–H and O–H groups in total. The van der Waals surface area contributed by atoms with E-state index < -0.39 is 54.0 Å². The topological polar surface area (TPSA) is 171 Å². The lowest BCUT2D eigenvalue weighted by Crippen LogP contribution is -2.60. The van der Waals surface area contributed by atoms with Crippen LogP contribution in [-0.2, 0) is 19.2 Å². The average molecular weight is 396 g/mol. The summed E-state index contributed by atoms with van der Waals surface area (Å²) in [6, 6.07) is -4.65. The molecule has 0 spiro atoms. The van der Waals surface area contributed by atoms with E-state index in [4.69, 9.17) is 10.8 Å². The van der Waals surface area contributed by atoms with Gasteiger partial charge in [0.25, 0.3) is 0 Å². The third-order valence-electron chi connectivity index (χ3n) is 3.09. The molecule has 0 fully saturated rings. The largest absolute Gasteiger partial charge is 0.480 e. The average Bonchev–Trinajstić information content (AvgIpc) is 2.53. The normalized spacial score (nSPS) is 16.7. The monoisotopic (exact) mass is 396 g/mol. The van der Waals surface area contributed by atoms with Gasteiger partial charge in [-0.2, -0.15) is 25.3 Å². The Labute approximate surface area is 156 Å². The van der Waals surface area contributed by atoms with Crippen LogP contribution in [0.1, 0.15) is 13.8 Å². The van der Waals surface area contributed by atoms with Crippen molar-refractivity contribution in [2.75, 3.05) is 11.5 Å². The first kappa shape index (κ1) is 23.5. The van der Waals surface area contributed by atoms with Crippen molar-refractivity contribution in [3.05, 3.63) is 0 Å². The molecule has 3 amide bonds. The number of carboxylic acids is 1. The van der Waals surface area contributed by atoms with Gasteiger partial charge >= 0.3 is 5.97 Å². The van der Waals surface area contributed by atoms with E-state index in [1.165, 1.54) is 13.8 Å². The van der Waals surface area contributed by atoms with Crippen molar-refractivity contribution in [1.29, 1.82) is 0 Å². The summed E-state index contributed by atoms with van der Waals surface area (Å²) in [5.74, 6) is -3.84. The van der Waals surface area contributed by atoms with Gasteiger partial charge in [0, 0.05) is 11.5 Å². The molecule has 0 saturated carbocycles. The number of aliphatic carboxylic acids is 1. The van der Waals surface area contributed by atoms with E-state index in [1.807, 2.05) is 0 Å². The first-order valence-corrected chi connectivity index (χ1v) is 8.60. The van der Waals surface area contributed by atoms with Crippen LogP contribution >= 0.6 is 25.3 Å². The zero-order valence-corrected chi connectivity index (χ0v) is 15.6. The lowest BCUT2D eigenvalue weighted by molar-refractivity contribution is -0.141. The Bertz CT molecular complexity index is 503. The number of carboxylic acid groups (broad SMARTS) is 1. The molecular formula is C13H24N4O6S2. The van der Waals surface area contributed by atoms with Crippen LogP contribution in [0.4, 0.5) is 0 Å². The third-order valence-corrected chi connectivity index (χ3v) is 3.82. The molecule has 12 heteroatoms. The number of thiol groups is 2. The summed E-state index contributed by atoms with van der Waals surface area (Å²) in [5.41, 5.74) is 5.39. The summed E-state index contributed by atoms with van der Waals surface area (Å²) in [6.07, 6.45) is -1.25. The van der Waals surface area contributed by atoms with E-state index in [2.05, 4.69) is 41.2 Å². The molecule has 0 aromatic carbocycles. The highest BCUT2D eigenvalue weighted by Gasteiger charge is 2.31.